The fourth-order valence-corrected chi connectivity index (χ4v) is 3.63. The molecule has 0 aliphatic rings. The molecule has 142 valence electrons. The van der Waals surface area contributed by atoms with Gasteiger partial charge in [-0.05, 0) is 36.2 Å². The van der Waals surface area contributed by atoms with E-state index in [0.29, 0.717) is 29.4 Å². The van der Waals surface area contributed by atoms with Crippen LogP contribution in [0.4, 0.5) is 11.6 Å². The third-order valence-corrected chi connectivity index (χ3v) is 5.24. The molecular weight excluding hydrogens is 378 g/mol. The maximum Gasteiger partial charge on any atom is 0.238 e. The van der Waals surface area contributed by atoms with Crippen molar-refractivity contribution in [3.63, 3.8) is 0 Å². The Labute approximate surface area is 161 Å². The van der Waals surface area contributed by atoms with Crippen molar-refractivity contribution in [3.8, 4) is 0 Å². The molecule has 0 fully saturated rings. The minimum Gasteiger partial charge on any atom is -0.324 e. The lowest BCUT2D eigenvalue weighted by molar-refractivity contribution is 0.597. The lowest BCUT2D eigenvalue weighted by Crippen LogP contribution is -2.14. The zero-order valence-electron chi connectivity index (χ0n) is 14.9. The number of aromatic nitrogens is 5. The normalized spacial score (nSPS) is 11.6. The fraction of sp³-hybridized carbons (Fsp3) is 0.111. The Hall–Kier alpha value is -3.37. The van der Waals surface area contributed by atoms with Crippen LogP contribution in [0.15, 0.2) is 60.0 Å². The van der Waals surface area contributed by atoms with E-state index in [-0.39, 0.29) is 4.90 Å². The van der Waals surface area contributed by atoms with Gasteiger partial charge in [0.05, 0.1) is 23.0 Å². The summed E-state index contributed by atoms with van der Waals surface area (Å²) in [6.45, 7) is 2.21. The summed E-state index contributed by atoms with van der Waals surface area (Å²) in [5, 5.41) is 13.4. The molecule has 28 heavy (non-hydrogen) atoms. The first-order valence-corrected chi connectivity index (χ1v) is 9.93. The number of hydrogen-bond acceptors (Lipinski definition) is 7. The van der Waals surface area contributed by atoms with Crippen LogP contribution in [-0.2, 0) is 16.6 Å². The fourth-order valence-electron chi connectivity index (χ4n) is 2.82. The molecule has 3 heterocycles. The number of benzene rings is 1. The van der Waals surface area contributed by atoms with Gasteiger partial charge in [-0.25, -0.2) is 23.2 Å². The number of nitrogens with one attached hydrogen (secondary N) is 1. The van der Waals surface area contributed by atoms with E-state index in [1.807, 2.05) is 12.1 Å². The topological polar surface area (TPSA) is 129 Å². The van der Waals surface area contributed by atoms with Gasteiger partial charge in [0.25, 0.3) is 0 Å². The van der Waals surface area contributed by atoms with Gasteiger partial charge in [0.15, 0.2) is 5.65 Å². The molecule has 9 nitrogen and oxygen atoms in total. The summed E-state index contributed by atoms with van der Waals surface area (Å²) >= 11 is 0. The van der Waals surface area contributed by atoms with Crippen LogP contribution in [0.2, 0.25) is 0 Å². The molecule has 1 aromatic carbocycles. The third kappa shape index (κ3) is 3.68. The predicted octanol–water partition coefficient (Wildman–Crippen LogP) is 1.97. The highest BCUT2D eigenvalue weighted by atomic mass is 32.2. The Bertz CT molecular complexity index is 1250. The molecule has 0 aliphatic carbocycles. The maximum atomic E-state index is 11.7. The predicted molar refractivity (Wildman–Crippen MR) is 104 cm³/mol. The molecule has 10 heteroatoms. The van der Waals surface area contributed by atoms with Crippen molar-refractivity contribution >= 4 is 32.7 Å². The first kappa shape index (κ1) is 18.0. The van der Waals surface area contributed by atoms with E-state index in [4.69, 9.17) is 5.14 Å². The van der Waals surface area contributed by atoms with E-state index >= 15 is 0 Å². The van der Waals surface area contributed by atoms with Gasteiger partial charge >= 0.3 is 0 Å². The molecule has 0 aliphatic heterocycles. The van der Waals surface area contributed by atoms with Crippen LogP contribution in [-0.4, -0.2) is 33.2 Å². The smallest absolute Gasteiger partial charge is 0.238 e. The number of aryl methyl sites for hydroxylation is 1. The van der Waals surface area contributed by atoms with Gasteiger partial charge < -0.3 is 5.32 Å². The van der Waals surface area contributed by atoms with E-state index in [2.05, 4.69) is 25.4 Å². The largest absolute Gasteiger partial charge is 0.324 e. The number of anilines is 2. The zero-order chi connectivity index (χ0) is 19.7. The van der Waals surface area contributed by atoms with Gasteiger partial charge in [-0.3, -0.25) is 4.98 Å². The molecule has 0 atom stereocenters. The second-order valence-corrected chi connectivity index (χ2v) is 7.82. The molecule has 0 radical (unpaired) electrons. The van der Waals surface area contributed by atoms with Gasteiger partial charge in [0.2, 0.25) is 16.0 Å². The summed E-state index contributed by atoms with van der Waals surface area (Å²) in [4.78, 5) is 13.0. The summed E-state index contributed by atoms with van der Waals surface area (Å²) in [6.07, 6.45) is 6.84. The van der Waals surface area contributed by atoms with E-state index in [9.17, 15) is 8.42 Å². The minimum atomic E-state index is -3.82. The van der Waals surface area contributed by atoms with Crippen LogP contribution < -0.4 is 10.5 Å². The molecule has 0 unspecified atom stereocenters. The van der Waals surface area contributed by atoms with Crippen molar-refractivity contribution in [1.82, 2.24) is 24.7 Å². The average Bonchev–Trinajstić information content (AvgIpc) is 3.05. The van der Waals surface area contributed by atoms with Crippen LogP contribution in [0, 0.1) is 6.92 Å². The van der Waals surface area contributed by atoms with Crippen molar-refractivity contribution in [1.29, 1.82) is 0 Å². The van der Waals surface area contributed by atoms with Gasteiger partial charge in [-0.15, -0.1) is 0 Å². The number of nitrogens with zero attached hydrogens (tertiary/aromatic N) is 5. The number of rotatable bonds is 5. The first-order chi connectivity index (χ1) is 13.4. The Morgan fingerprint density at radius 2 is 2.04 bits per heavy atom. The maximum absolute atomic E-state index is 11.7. The molecule has 0 amide bonds. The first-order valence-electron chi connectivity index (χ1n) is 8.38. The Kier molecular flexibility index (Phi) is 4.49. The number of fused-ring (bicyclic) bond motifs is 1. The van der Waals surface area contributed by atoms with E-state index < -0.39 is 10.0 Å². The molecule has 4 aromatic rings. The second kappa shape index (κ2) is 6.98. The molecule has 4 rings (SSSR count). The summed E-state index contributed by atoms with van der Waals surface area (Å²) in [5.74, 6) is 0.324. The number of primary sulfonamides is 1. The van der Waals surface area contributed by atoms with Crippen LogP contribution in [0.5, 0.6) is 0 Å². The van der Waals surface area contributed by atoms with Crippen LogP contribution in [0.25, 0.3) is 11.0 Å². The Balaban J connectivity index is 1.66. The highest BCUT2D eigenvalue weighted by molar-refractivity contribution is 7.89. The van der Waals surface area contributed by atoms with Crippen molar-refractivity contribution in [2.45, 2.75) is 18.4 Å². The molecular formula is C18H17N7O2S. The van der Waals surface area contributed by atoms with Crippen molar-refractivity contribution < 1.29 is 8.42 Å². The molecule has 0 saturated heterocycles. The lowest BCUT2D eigenvalue weighted by atomic mass is 10.2. The lowest BCUT2D eigenvalue weighted by Gasteiger charge is -2.09. The quantitative estimate of drug-likeness (QED) is 0.528. The SMILES string of the molecule is Cc1ccc(Nc2ncc3cnn(Cc4cccnc4)c3n2)cc1S(N)(=O)=O. The minimum absolute atomic E-state index is 0.0557. The highest BCUT2D eigenvalue weighted by Gasteiger charge is 2.13. The van der Waals surface area contributed by atoms with Gasteiger partial charge in [0.1, 0.15) is 0 Å². The number of pyridine rings is 1. The molecule has 0 bridgehead atoms. The number of sulfonamides is 1. The average molecular weight is 395 g/mol. The summed E-state index contributed by atoms with van der Waals surface area (Å²) in [6, 6.07) is 8.70. The summed E-state index contributed by atoms with van der Waals surface area (Å²) in [7, 11) is -3.82. The van der Waals surface area contributed by atoms with Gasteiger partial charge in [0, 0.05) is 24.3 Å². The summed E-state index contributed by atoms with van der Waals surface area (Å²) < 4.78 is 25.2. The van der Waals surface area contributed by atoms with Gasteiger partial charge in [-0.2, -0.15) is 10.1 Å². The second-order valence-electron chi connectivity index (χ2n) is 6.29. The molecule has 3 aromatic heterocycles. The highest BCUT2D eigenvalue weighted by Crippen LogP contribution is 2.22. The van der Waals surface area contributed by atoms with Gasteiger partial charge in [-0.1, -0.05) is 12.1 Å². The van der Waals surface area contributed by atoms with Crippen molar-refractivity contribution in [3.05, 3.63) is 66.2 Å². The zero-order valence-corrected chi connectivity index (χ0v) is 15.8. The Morgan fingerprint density at radius 3 is 2.79 bits per heavy atom. The van der Waals surface area contributed by atoms with Crippen LogP contribution in [0.1, 0.15) is 11.1 Å². The number of nitrogens with two attached hydrogens (primary N) is 1. The standard InChI is InChI=1S/C18H17N7O2S/c1-12-4-5-15(7-16(12)28(19,26)27)23-18-21-9-14-10-22-25(17(14)24-18)11-13-3-2-6-20-8-13/h2-10H,11H2,1H3,(H2,19,26,27)(H,21,23,24). The third-order valence-electron chi connectivity index (χ3n) is 4.18. The van der Waals surface area contributed by atoms with E-state index in [1.54, 1.807) is 48.5 Å². The van der Waals surface area contributed by atoms with Crippen LogP contribution in [0.3, 0.4) is 0 Å². The van der Waals surface area contributed by atoms with E-state index in [1.165, 1.54) is 6.07 Å². The van der Waals surface area contributed by atoms with Crippen molar-refractivity contribution in [2.24, 2.45) is 5.14 Å². The number of hydrogen-bond donors (Lipinski definition) is 2. The molecule has 0 spiro atoms. The monoisotopic (exact) mass is 395 g/mol. The Morgan fingerprint density at radius 1 is 1.18 bits per heavy atom. The van der Waals surface area contributed by atoms with Crippen molar-refractivity contribution in [2.75, 3.05) is 5.32 Å². The molecule has 0 saturated carbocycles. The van der Waals surface area contributed by atoms with E-state index in [0.717, 1.165) is 10.9 Å². The molecule has 3 N–H and O–H groups in total. The van der Waals surface area contributed by atoms with Crippen LogP contribution >= 0.6 is 0 Å². The summed E-state index contributed by atoms with van der Waals surface area (Å²) in [5.41, 5.74) is 2.74.